The normalized spacial score (nSPS) is 20.6. The summed E-state index contributed by atoms with van der Waals surface area (Å²) in [6.45, 7) is 4.69. The molecule has 2 aromatic rings. The van der Waals surface area contributed by atoms with Crippen LogP contribution in [0.25, 0.3) is 0 Å². The lowest BCUT2D eigenvalue weighted by molar-refractivity contribution is 0.457. The lowest BCUT2D eigenvalue weighted by Crippen LogP contribution is -2.16. The van der Waals surface area contributed by atoms with Gasteiger partial charge in [0.25, 0.3) is 0 Å². The van der Waals surface area contributed by atoms with E-state index in [1.807, 2.05) is 0 Å². The van der Waals surface area contributed by atoms with Gasteiger partial charge >= 0.3 is 0 Å². The second-order valence-electron chi connectivity index (χ2n) is 6.22. The molecule has 0 amide bonds. The van der Waals surface area contributed by atoms with E-state index < -0.39 is 0 Å². The van der Waals surface area contributed by atoms with Crippen LogP contribution in [0, 0.1) is 0 Å². The van der Waals surface area contributed by atoms with Crippen molar-refractivity contribution in [2.45, 2.75) is 38.1 Å². The van der Waals surface area contributed by atoms with Gasteiger partial charge in [0, 0.05) is 10.2 Å². The van der Waals surface area contributed by atoms with Crippen LogP contribution >= 0.6 is 15.9 Å². The number of hydrogen-bond donors (Lipinski definition) is 1. The average molecular weight is 330 g/mol. The molecule has 1 unspecified atom stereocenters. The van der Waals surface area contributed by atoms with Crippen molar-refractivity contribution in [1.82, 2.24) is 0 Å². The molecule has 0 bridgehead atoms. The predicted molar refractivity (Wildman–Crippen MR) is 89.2 cm³/mol. The van der Waals surface area contributed by atoms with Crippen LogP contribution in [0.2, 0.25) is 0 Å². The summed E-state index contributed by atoms with van der Waals surface area (Å²) < 4.78 is 1.13. The van der Waals surface area contributed by atoms with Crippen molar-refractivity contribution >= 4 is 21.6 Å². The fraction of sp³-hybridized carbons (Fsp3) is 0.333. The predicted octanol–water partition coefficient (Wildman–Crippen LogP) is 5.67. The highest BCUT2D eigenvalue weighted by Gasteiger charge is 2.29. The molecule has 1 aliphatic rings. The second kappa shape index (κ2) is 5.25. The fourth-order valence-corrected chi connectivity index (χ4v) is 3.31. The van der Waals surface area contributed by atoms with Crippen LogP contribution in [-0.2, 0) is 5.41 Å². The van der Waals surface area contributed by atoms with E-state index in [1.165, 1.54) is 23.2 Å². The van der Waals surface area contributed by atoms with Crippen molar-refractivity contribution in [2.24, 2.45) is 0 Å². The Hall–Kier alpha value is -1.28. The largest absolute Gasteiger partial charge is 0.378 e. The summed E-state index contributed by atoms with van der Waals surface area (Å²) >= 11 is 3.51. The minimum absolute atomic E-state index is 0.230. The summed E-state index contributed by atoms with van der Waals surface area (Å²) in [5, 5.41) is 3.74. The lowest BCUT2D eigenvalue weighted by Gasteiger charge is -2.24. The third-order valence-electron chi connectivity index (χ3n) is 4.32. The minimum atomic E-state index is 0.230. The third-order valence-corrected chi connectivity index (χ3v) is 4.84. The SMILES string of the molecule is CC1(C)CCC(c2ccc(Br)cc2)Nc2ccccc21. The maximum atomic E-state index is 3.74. The maximum Gasteiger partial charge on any atom is 0.0514 e. The van der Waals surface area contributed by atoms with Gasteiger partial charge in [0.2, 0.25) is 0 Å². The molecule has 20 heavy (non-hydrogen) atoms. The molecular weight excluding hydrogens is 310 g/mol. The van der Waals surface area contributed by atoms with Crippen molar-refractivity contribution in [3.05, 3.63) is 64.1 Å². The Kier molecular flexibility index (Phi) is 3.59. The first-order valence-corrected chi connectivity index (χ1v) is 7.97. The molecule has 0 saturated heterocycles. The van der Waals surface area contributed by atoms with E-state index in [0.717, 1.165) is 10.9 Å². The van der Waals surface area contributed by atoms with Crippen molar-refractivity contribution < 1.29 is 0 Å². The highest BCUT2D eigenvalue weighted by Crippen LogP contribution is 2.41. The summed E-state index contributed by atoms with van der Waals surface area (Å²) in [5.41, 5.74) is 4.30. The Labute approximate surface area is 129 Å². The van der Waals surface area contributed by atoms with E-state index in [4.69, 9.17) is 0 Å². The number of benzene rings is 2. The zero-order chi connectivity index (χ0) is 14.2. The van der Waals surface area contributed by atoms with Crippen molar-refractivity contribution in [3.63, 3.8) is 0 Å². The third kappa shape index (κ3) is 2.62. The van der Waals surface area contributed by atoms with E-state index in [9.17, 15) is 0 Å². The number of para-hydroxylation sites is 1. The summed E-state index contributed by atoms with van der Waals surface area (Å²) in [7, 11) is 0. The number of fused-ring (bicyclic) bond motifs is 1. The molecule has 0 aromatic heterocycles. The number of halogens is 1. The number of hydrogen-bond acceptors (Lipinski definition) is 1. The van der Waals surface area contributed by atoms with Crippen LogP contribution in [0.15, 0.2) is 53.0 Å². The van der Waals surface area contributed by atoms with Crippen LogP contribution in [0.3, 0.4) is 0 Å². The number of anilines is 1. The quantitative estimate of drug-likeness (QED) is 0.710. The van der Waals surface area contributed by atoms with Crippen LogP contribution in [0.4, 0.5) is 5.69 Å². The molecule has 0 radical (unpaired) electrons. The van der Waals surface area contributed by atoms with Gasteiger partial charge in [0.1, 0.15) is 0 Å². The van der Waals surface area contributed by atoms with Gasteiger partial charge in [-0.3, -0.25) is 0 Å². The molecule has 1 atom stereocenters. The molecule has 2 aromatic carbocycles. The minimum Gasteiger partial charge on any atom is -0.378 e. The summed E-state index contributed by atoms with van der Waals surface area (Å²) in [6, 6.07) is 17.8. The molecule has 0 fully saturated rings. The van der Waals surface area contributed by atoms with Gasteiger partial charge in [-0.15, -0.1) is 0 Å². The van der Waals surface area contributed by atoms with Crippen LogP contribution in [0.1, 0.15) is 43.9 Å². The maximum absolute atomic E-state index is 3.74. The van der Waals surface area contributed by atoms with E-state index in [-0.39, 0.29) is 5.41 Å². The Bertz CT molecular complexity index is 601. The first kappa shape index (κ1) is 13.7. The summed E-state index contributed by atoms with van der Waals surface area (Å²) in [6.07, 6.45) is 2.35. The molecule has 1 heterocycles. The Morgan fingerprint density at radius 2 is 1.75 bits per heavy atom. The van der Waals surface area contributed by atoms with Gasteiger partial charge in [0.05, 0.1) is 6.04 Å². The number of nitrogens with one attached hydrogen (secondary N) is 1. The van der Waals surface area contributed by atoms with Crippen molar-refractivity contribution in [1.29, 1.82) is 0 Å². The Morgan fingerprint density at radius 3 is 2.50 bits per heavy atom. The van der Waals surface area contributed by atoms with Gasteiger partial charge in [-0.25, -0.2) is 0 Å². The topological polar surface area (TPSA) is 12.0 Å². The van der Waals surface area contributed by atoms with E-state index in [2.05, 4.69) is 83.6 Å². The van der Waals surface area contributed by atoms with Crippen LogP contribution < -0.4 is 5.32 Å². The molecule has 1 N–H and O–H groups in total. The Balaban J connectivity index is 1.97. The van der Waals surface area contributed by atoms with Crippen molar-refractivity contribution in [3.8, 4) is 0 Å². The van der Waals surface area contributed by atoms with Gasteiger partial charge in [-0.1, -0.05) is 60.1 Å². The first-order valence-electron chi connectivity index (χ1n) is 7.18. The monoisotopic (exact) mass is 329 g/mol. The summed E-state index contributed by atoms with van der Waals surface area (Å²) in [4.78, 5) is 0. The zero-order valence-electron chi connectivity index (χ0n) is 12.0. The van der Waals surface area contributed by atoms with Gasteiger partial charge in [-0.2, -0.15) is 0 Å². The molecule has 1 aliphatic heterocycles. The first-order chi connectivity index (χ1) is 9.56. The summed E-state index contributed by atoms with van der Waals surface area (Å²) in [5.74, 6) is 0. The molecular formula is C18H20BrN. The van der Waals surface area contributed by atoms with Gasteiger partial charge < -0.3 is 5.32 Å². The average Bonchev–Trinajstić information content (AvgIpc) is 2.57. The second-order valence-corrected chi connectivity index (χ2v) is 7.13. The smallest absolute Gasteiger partial charge is 0.0514 e. The van der Waals surface area contributed by atoms with Gasteiger partial charge in [0.15, 0.2) is 0 Å². The zero-order valence-corrected chi connectivity index (χ0v) is 13.6. The van der Waals surface area contributed by atoms with E-state index in [0.29, 0.717) is 6.04 Å². The number of rotatable bonds is 1. The van der Waals surface area contributed by atoms with Crippen LogP contribution in [-0.4, -0.2) is 0 Å². The molecule has 3 rings (SSSR count). The highest BCUT2D eigenvalue weighted by molar-refractivity contribution is 9.10. The Morgan fingerprint density at radius 1 is 1.05 bits per heavy atom. The standard InChI is InChI=1S/C18H20BrN/c1-18(2)12-11-16(13-7-9-14(19)10-8-13)20-17-6-4-3-5-15(17)18/h3-10,16,20H,11-12H2,1-2H3. The molecule has 2 heteroatoms. The molecule has 0 saturated carbocycles. The van der Waals surface area contributed by atoms with Crippen molar-refractivity contribution in [2.75, 3.05) is 5.32 Å². The van der Waals surface area contributed by atoms with Gasteiger partial charge in [-0.05, 0) is 47.6 Å². The van der Waals surface area contributed by atoms with E-state index >= 15 is 0 Å². The highest BCUT2D eigenvalue weighted by atomic mass is 79.9. The van der Waals surface area contributed by atoms with Crippen LogP contribution in [0.5, 0.6) is 0 Å². The fourth-order valence-electron chi connectivity index (χ4n) is 3.04. The lowest BCUT2D eigenvalue weighted by atomic mass is 9.80. The van der Waals surface area contributed by atoms with E-state index in [1.54, 1.807) is 0 Å². The molecule has 0 spiro atoms. The molecule has 104 valence electrons. The molecule has 0 aliphatic carbocycles. The molecule has 1 nitrogen and oxygen atoms in total.